The predicted molar refractivity (Wildman–Crippen MR) is 195 cm³/mol. The maximum Gasteiger partial charge on any atom is 0.262 e. The monoisotopic (exact) mass is 713 g/mol. The number of fused-ring (bicyclic) bond motifs is 1. The molecule has 4 heterocycles. The molecule has 11 nitrogen and oxygen atoms in total. The number of aromatic nitrogens is 3. The van der Waals surface area contributed by atoms with Crippen molar-refractivity contribution >= 4 is 40.7 Å². The van der Waals surface area contributed by atoms with Crippen LogP contribution in [0.3, 0.4) is 0 Å². The van der Waals surface area contributed by atoms with E-state index in [1.807, 2.05) is 60.7 Å². The van der Waals surface area contributed by atoms with E-state index >= 15 is 0 Å². The Kier molecular flexibility index (Phi) is 11.1. The number of nitrogens with one attached hydrogen (secondary N) is 4. The minimum Gasteiger partial charge on any atom is -0.481 e. The second-order valence-corrected chi connectivity index (χ2v) is 12.8. The number of pyridine rings is 2. The second kappa shape index (κ2) is 15.8. The van der Waals surface area contributed by atoms with E-state index in [4.69, 9.17) is 32.9 Å². The molecule has 13 heteroatoms. The number of benzene rings is 2. The van der Waals surface area contributed by atoms with Crippen molar-refractivity contribution in [2.75, 3.05) is 26.7 Å². The van der Waals surface area contributed by atoms with Crippen molar-refractivity contribution in [2.45, 2.75) is 38.9 Å². The number of halogens is 2. The number of carbonyl (C=O) groups excluding carboxylic acids is 2. The van der Waals surface area contributed by atoms with Crippen LogP contribution >= 0.6 is 23.2 Å². The van der Waals surface area contributed by atoms with Crippen LogP contribution in [0.2, 0.25) is 10.0 Å². The lowest BCUT2D eigenvalue weighted by Gasteiger charge is -2.16. The molecule has 0 aliphatic carbocycles. The standard InChI is InChI=1S/C37H37Cl2N7O4/c1-22(47)42-15-14-40-19-25-20-43-32-17-23(13-16-46(32)37(25)49)27-5-3-6-28(34(27)38)29-7-4-8-30(35(29)39)31-11-9-24(36(45-31)50-2)18-41-21-26-10-12-33(48)44-26/h3-9,11,13,16-17,20,26,40-41H,10,12,14-15,18-19,21H2,1-2H3,(H,42,47)(H,44,48)/t26-/m0/s1. The van der Waals surface area contributed by atoms with Crippen LogP contribution in [0, 0.1) is 0 Å². The van der Waals surface area contributed by atoms with E-state index in [2.05, 4.69) is 26.3 Å². The molecule has 3 aromatic heterocycles. The summed E-state index contributed by atoms with van der Waals surface area (Å²) in [5.41, 5.74) is 6.14. The third-order valence-electron chi connectivity index (χ3n) is 8.57. The Morgan fingerprint density at radius 3 is 2.38 bits per heavy atom. The summed E-state index contributed by atoms with van der Waals surface area (Å²) in [5.74, 6) is 0.477. The smallest absolute Gasteiger partial charge is 0.262 e. The highest BCUT2D eigenvalue weighted by atomic mass is 35.5. The second-order valence-electron chi connectivity index (χ2n) is 12.0. The maximum absolute atomic E-state index is 13.1. The SMILES string of the molecule is COc1nc(-c2cccc(-c3cccc(-c4ccn5c(=O)c(CNCCNC(C)=O)cnc5c4)c3Cl)c2Cl)ccc1CNC[C@@H]1CCC(=O)N1. The first-order valence-electron chi connectivity index (χ1n) is 16.3. The average molecular weight is 715 g/mol. The average Bonchev–Trinajstić information content (AvgIpc) is 3.53. The summed E-state index contributed by atoms with van der Waals surface area (Å²) in [6.07, 6.45) is 4.66. The Morgan fingerprint density at radius 1 is 0.940 bits per heavy atom. The van der Waals surface area contributed by atoms with Crippen LogP contribution in [0.15, 0.2) is 77.9 Å². The number of ether oxygens (including phenoxy) is 1. The molecule has 1 saturated heterocycles. The van der Waals surface area contributed by atoms with E-state index in [1.165, 1.54) is 11.3 Å². The Morgan fingerprint density at radius 2 is 1.66 bits per heavy atom. The first-order valence-corrected chi connectivity index (χ1v) is 17.1. The summed E-state index contributed by atoms with van der Waals surface area (Å²) in [7, 11) is 1.59. The van der Waals surface area contributed by atoms with Crippen LogP contribution in [-0.4, -0.2) is 59.0 Å². The number of nitrogens with zero attached hydrogens (tertiary/aromatic N) is 3. The van der Waals surface area contributed by atoms with Gasteiger partial charge in [0.25, 0.3) is 5.56 Å². The molecule has 4 N–H and O–H groups in total. The van der Waals surface area contributed by atoms with E-state index in [1.54, 1.807) is 19.5 Å². The van der Waals surface area contributed by atoms with Gasteiger partial charge in [-0.2, -0.15) is 0 Å². The van der Waals surface area contributed by atoms with Crippen molar-refractivity contribution in [2.24, 2.45) is 0 Å². The highest BCUT2D eigenvalue weighted by Crippen LogP contribution is 2.42. The Bertz CT molecular complexity index is 2120. The van der Waals surface area contributed by atoms with Gasteiger partial charge in [-0.25, -0.2) is 9.97 Å². The van der Waals surface area contributed by atoms with Crippen molar-refractivity contribution in [1.82, 2.24) is 35.6 Å². The van der Waals surface area contributed by atoms with Gasteiger partial charge in [0.15, 0.2) is 0 Å². The molecule has 5 aromatic rings. The fraction of sp³-hybridized carbons (Fsp3) is 0.270. The zero-order chi connectivity index (χ0) is 35.2. The van der Waals surface area contributed by atoms with Crippen molar-refractivity contribution in [3.63, 3.8) is 0 Å². The van der Waals surface area contributed by atoms with Gasteiger partial charge in [0.05, 0.1) is 22.8 Å². The first-order chi connectivity index (χ1) is 24.2. The van der Waals surface area contributed by atoms with Gasteiger partial charge in [-0.05, 0) is 30.2 Å². The fourth-order valence-corrected chi connectivity index (χ4v) is 6.66. The summed E-state index contributed by atoms with van der Waals surface area (Å²) in [6.45, 7) is 4.00. The lowest BCUT2D eigenvalue weighted by Crippen LogP contribution is -2.35. The Labute approximate surface area is 299 Å². The number of amides is 2. The number of rotatable bonds is 13. The van der Waals surface area contributed by atoms with Gasteiger partial charge in [-0.3, -0.25) is 18.8 Å². The van der Waals surface area contributed by atoms with Gasteiger partial charge in [-0.1, -0.05) is 65.7 Å². The van der Waals surface area contributed by atoms with Crippen LogP contribution in [0.25, 0.3) is 39.2 Å². The van der Waals surface area contributed by atoms with E-state index in [9.17, 15) is 14.4 Å². The third-order valence-corrected chi connectivity index (χ3v) is 9.38. The van der Waals surface area contributed by atoms with Gasteiger partial charge in [0.2, 0.25) is 17.7 Å². The van der Waals surface area contributed by atoms with Crippen LogP contribution in [0.4, 0.5) is 0 Å². The van der Waals surface area contributed by atoms with Crippen LogP contribution in [-0.2, 0) is 22.7 Å². The van der Waals surface area contributed by atoms with Crippen molar-refractivity contribution < 1.29 is 14.3 Å². The molecule has 2 aromatic carbocycles. The minimum absolute atomic E-state index is 0.0908. The molecule has 0 unspecified atom stereocenters. The number of methoxy groups -OCH3 is 1. The largest absolute Gasteiger partial charge is 0.481 e. The molecule has 6 rings (SSSR count). The lowest BCUT2D eigenvalue weighted by molar-refractivity contribution is -0.120. The molecule has 50 heavy (non-hydrogen) atoms. The first kappa shape index (κ1) is 35.0. The topological polar surface area (TPSA) is 139 Å². The van der Waals surface area contributed by atoms with Crippen molar-refractivity contribution in [3.8, 4) is 39.4 Å². The highest BCUT2D eigenvalue weighted by molar-refractivity contribution is 6.39. The van der Waals surface area contributed by atoms with E-state index in [-0.39, 0.29) is 23.4 Å². The van der Waals surface area contributed by atoms with E-state index < -0.39 is 0 Å². The van der Waals surface area contributed by atoms with Gasteiger partial charge >= 0.3 is 0 Å². The highest BCUT2D eigenvalue weighted by Gasteiger charge is 2.21. The Balaban J connectivity index is 1.22. The molecular weight excluding hydrogens is 677 g/mol. The van der Waals surface area contributed by atoms with E-state index in [0.717, 1.165) is 39.8 Å². The molecule has 0 radical (unpaired) electrons. The Hall–Kier alpha value is -4.81. The number of carbonyl (C=O) groups is 2. The summed E-state index contributed by atoms with van der Waals surface area (Å²) in [6, 6.07) is 19.2. The number of hydrogen-bond donors (Lipinski definition) is 4. The molecule has 1 fully saturated rings. The summed E-state index contributed by atoms with van der Waals surface area (Å²) < 4.78 is 7.14. The molecular formula is C37H37Cl2N7O4. The van der Waals surface area contributed by atoms with Crippen LogP contribution in [0.1, 0.15) is 30.9 Å². The summed E-state index contributed by atoms with van der Waals surface area (Å²) >= 11 is 14.2. The molecule has 0 saturated carbocycles. The quantitative estimate of drug-likeness (QED) is 0.125. The minimum atomic E-state index is -0.175. The van der Waals surface area contributed by atoms with Gasteiger partial charge < -0.3 is 26.0 Å². The molecule has 1 aliphatic heterocycles. The molecule has 0 bridgehead atoms. The van der Waals surface area contributed by atoms with Crippen molar-refractivity contribution in [3.05, 3.63) is 105 Å². The zero-order valence-corrected chi connectivity index (χ0v) is 29.2. The zero-order valence-electron chi connectivity index (χ0n) is 27.7. The fourth-order valence-electron chi connectivity index (χ4n) is 5.99. The van der Waals surface area contributed by atoms with Gasteiger partial charge in [0.1, 0.15) is 5.65 Å². The van der Waals surface area contributed by atoms with Gasteiger partial charge in [-0.15, -0.1) is 0 Å². The predicted octanol–water partition coefficient (Wildman–Crippen LogP) is 5.00. The summed E-state index contributed by atoms with van der Waals surface area (Å²) in [5, 5.41) is 13.2. The van der Waals surface area contributed by atoms with E-state index in [0.29, 0.717) is 72.0 Å². The third kappa shape index (κ3) is 7.81. The molecule has 1 atom stereocenters. The maximum atomic E-state index is 13.1. The normalized spacial score (nSPS) is 14.2. The molecule has 258 valence electrons. The molecule has 1 aliphatic rings. The molecule has 0 spiro atoms. The van der Waals surface area contributed by atoms with Gasteiger partial charge in [0, 0.05) is 97.9 Å². The van der Waals surface area contributed by atoms with Crippen LogP contribution < -0.4 is 31.6 Å². The summed E-state index contributed by atoms with van der Waals surface area (Å²) in [4.78, 5) is 45.0. The van der Waals surface area contributed by atoms with Crippen LogP contribution in [0.5, 0.6) is 5.88 Å². The lowest BCUT2D eigenvalue weighted by atomic mass is 9.97. The van der Waals surface area contributed by atoms with Crippen molar-refractivity contribution in [1.29, 1.82) is 0 Å². The number of hydrogen-bond acceptors (Lipinski definition) is 8. The molecule has 2 amide bonds.